The third-order valence-electron chi connectivity index (χ3n) is 3.53. The van der Waals surface area contributed by atoms with Crippen LogP contribution in [0.3, 0.4) is 0 Å². The number of imidazole rings is 1. The van der Waals surface area contributed by atoms with Crippen LogP contribution in [0, 0.1) is 0 Å². The first-order valence-corrected chi connectivity index (χ1v) is 7.46. The number of aryl methyl sites for hydroxylation is 1. The fraction of sp³-hybridized carbons (Fsp3) is 0.294. The van der Waals surface area contributed by atoms with Crippen molar-refractivity contribution in [1.29, 1.82) is 0 Å². The molecule has 108 valence electrons. The normalized spacial score (nSPS) is 10.9. The SMILES string of the molecule is CCCn1c(CCNc2ccccc2)nc2cnccc21. The van der Waals surface area contributed by atoms with Gasteiger partial charge in [-0.05, 0) is 24.6 Å². The molecule has 2 aromatic heterocycles. The van der Waals surface area contributed by atoms with E-state index in [1.165, 1.54) is 5.52 Å². The minimum Gasteiger partial charge on any atom is -0.385 e. The van der Waals surface area contributed by atoms with E-state index in [4.69, 9.17) is 4.98 Å². The van der Waals surface area contributed by atoms with Crippen LogP contribution < -0.4 is 5.32 Å². The Balaban J connectivity index is 1.75. The van der Waals surface area contributed by atoms with Gasteiger partial charge in [-0.3, -0.25) is 4.98 Å². The second-order valence-electron chi connectivity index (χ2n) is 5.09. The second-order valence-corrected chi connectivity index (χ2v) is 5.09. The lowest BCUT2D eigenvalue weighted by Crippen LogP contribution is -2.10. The zero-order valence-electron chi connectivity index (χ0n) is 12.3. The van der Waals surface area contributed by atoms with Crippen molar-refractivity contribution in [3.8, 4) is 0 Å². The van der Waals surface area contributed by atoms with E-state index in [1.807, 2.05) is 36.7 Å². The Labute approximate surface area is 124 Å². The number of fused-ring (bicyclic) bond motifs is 1. The summed E-state index contributed by atoms with van der Waals surface area (Å²) in [6, 6.07) is 12.3. The molecule has 2 heterocycles. The van der Waals surface area contributed by atoms with Crippen LogP contribution in [0.15, 0.2) is 48.8 Å². The van der Waals surface area contributed by atoms with Gasteiger partial charge in [0.1, 0.15) is 11.3 Å². The van der Waals surface area contributed by atoms with Crippen LogP contribution in [-0.4, -0.2) is 21.1 Å². The number of rotatable bonds is 6. The van der Waals surface area contributed by atoms with E-state index in [-0.39, 0.29) is 0 Å². The van der Waals surface area contributed by atoms with Crippen LogP contribution >= 0.6 is 0 Å². The number of pyridine rings is 1. The standard InChI is InChI=1S/C17H20N4/c1-2-12-21-16-8-10-18-13-15(16)20-17(21)9-11-19-14-6-4-3-5-7-14/h3-8,10,13,19H,2,9,11-12H2,1H3. The summed E-state index contributed by atoms with van der Waals surface area (Å²) < 4.78 is 2.31. The fourth-order valence-electron chi connectivity index (χ4n) is 2.57. The van der Waals surface area contributed by atoms with E-state index in [2.05, 4.69) is 33.9 Å². The van der Waals surface area contributed by atoms with Crippen molar-refractivity contribution in [3.63, 3.8) is 0 Å². The summed E-state index contributed by atoms with van der Waals surface area (Å²) in [5.41, 5.74) is 3.32. The molecule has 3 rings (SSSR count). The molecule has 0 bridgehead atoms. The molecule has 0 unspecified atom stereocenters. The lowest BCUT2D eigenvalue weighted by atomic mass is 10.3. The van der Waals surface area contributed by atoms with Crippen LogP contribution in [0.1, 0.15) is 19.2 Å². The van der Waals surface area contributed by atoms with Crippen molar-refractivity contribution < 1.29 is 0 Å². The summed E-state index contributed by atoms with van der Waals surface area (Å²) in [5.74, 6) is 1.13. The molecule has 3 aromatic rings. The molecule has 0 aliphatic rings. The van der Waals surface area contributed by atoms with Gasteiger partial charge in [-0.1, -0.05) is 25.1 Å². The van der Waals surface area contributed by atoms with Crippen LogP contribution in [0.25, 0.3) is 11.0 Å². The molecule has 21 heavy (non-hydrogen) atoms. The average molecular weight is 280 g/mol. The molecule has 0 spiro atoms. The average Bonchev–Trinajstić information content (AvgIpc) is 2.87. The molecule has 0 atom stereocenters. The Bertz CT molecular complexity index is 703. The minimum atomic E-state index is 0.879. The highest BCUT2D eigenvalue weighted by atomic mass is 15.1. The summed E-state index contributed by atoms with van der Waals surface area (Å²) in [6.07, 6.45) is 5.69. The summed E-state index contributed by atoms with van der Waals surface area (Å²) in [4.78, 5) is 8.89. The highest BCUT2D eigenvalue weighted by Gasteiger charge is 2.09. The zero-order valence-corrected chi connectivity index (χ0v) is 12.3. The Hall–Kier alpha value is -2.36. The Kier molecular flexibility index (Phi) is 4.15. The van der Waals surface area contributed by atoms with Crippen LogP contribution in [0.5, 0.6) is 0 Å². The molecular weight excluding hydrogens is 260 g/mol. The number of nitrogens with one attached hydrogen (secondary N) is 1. The number of benzene rings is 1. The van der Waals surface area contributed by atoms with Gasteiger partial charge in [-0.15, -0.1) is 0 Å². The van der Waals surface area contributed by atoms with Gasteiger partial charge in [0, 0.05) is 31.4 Å². The molecule has 1 aromatic carbocycles. The van der Waals surface area contributed by atoms with Gasteiger partial charge in [0.25, 0.3) is 0 Å². The molecule has 0 amide bonds. The first kappa shape index (κ1) is 13.6. The molecule has 0 saturated heterocycles. The van der Waals surface area contributed by atoms with Crippen molar-refractivity contribution in [1.82, 2.24) is 14.5 Å². The highest BCUT2D eigenvalue weighted by Crippen LogP contribution is 2.16. The minimum absolute atomic E-state index is 0.879. The molecule has 1 N–H and O–H groups in total. The Morgan fingerprint density at radius 3 is 2.81 bits per heavy atom. The van der Waals surface area contributed by atoms with Crippen LogP contribution in [-0.2, 0) is 13.0 Å². The number of hydrogen-bond donors (Lipinski definition) is 1. The largest absolute Gasteiger partial charge is 0.385 e. The molecule has 0 aliphatic carbocycles. The summed E-state index contributed by atoms with van der Waals surface area (Å²) in [5, 5.41) is 3.44. The van der Waals surface area contributed by atoms with E-state index in [9.17, 15) is 0 Å². The molecule has 0 aliphatic heterocycles. The molecular formula is C17H20N4. The van der Waals surface area contributed by atoms with Gasteiger partial charge in [-0.2, -0.15) is 0 Å². The Morgan fingerprint density at radius 2 is 2.00 bits per heavy atom. The predicted molar refractivity (Wildman–Crippen MR) is 86.5 cm³/mol. The van der Waals surface area contributed by atoms with E-state index in [0.717, 1.165) is 43.0 Å². The van der Waals surface area contributed by atoms with Gasteiger partial charge in [0.15, 0.2) is 0 Å². The smallest absolute Gasteiger partial charge is 0.111 e. The zero-order chi connectivity index (χ0) is 14.5. The maximum atomic E-state index is 4.72. The molecule has 0 saturated carbocycles. The number of aromatic nitrogens is 3. The highest BCUT2D eigenvalue weighted by molar-refractivity contribution is 5.74. The van der Waals surface area contributed by atoms with E-state index < -0.39 is 0 Å². The van der Waals surface area contributed by atoms with Crippen molar-refractivity contribution in [2.24, 2.45) is 0 Å². The monoisotopic (exact) mass is 280 g/mol. The number of hydrogen-bond acceptors (Lipinski definition) is 3. The molecule has 0 radical (unpaired) electrons. The van der Waals surface area contributed by atoms with Gasteiger partial charge < -0.3 is 9.88 Å². The first-order chi connectivity index (χ1) is 10.4. The van der Waals surface area contributed by atoms with Gasteiger partial charge in [0.05, 0.1) is 11.7 Å². The van der Waals surface area contributed by atoms with E-state index in [1.54, 1.807) is 0 Å². The van der Waals surface area contributed by atoms with Gasteiger partial charge in [-0.25, -0.2) is 4.98 Å². The second kappa shape index (κ2) is 6.39. The first-order valence-electron chi connectivity index (χ1n) is 7.46. The van der Waals surface area contributed by atoms with E-state index >= 15 is 0 Å². The molecule has 4 nitrogen and oxygen atoms in total. The fourth-order valence-corrected chi connectivity index (χ4v) is 2.57. The van der Waals surface area contributed by atoms with Gasteiger partial charge >= 0.3 is 0 Å². The quantitative estimate of drug-likeness (QED) is 0.751. The topological polar surface area (TPSA) is 42.7 Å². The Morgan fingerprint density at radius 1 is 1.14 bits per heavy atom. The van der Waals surface area contributed by atoms with Crippen molar-refractivity contribution >= 4 is 16.7 Å². The summed E-state index contributed by atoms with van der Waals surface area (Å²) in [7, 11) is 0. The van der Waals surface area contributed by atoms with Crippen molar-refractivity contribution in [3.05, 3.63) is 54.6 Å². The van der Waals surface area contributed by atoms with Gasteiger partial charge in [0.2, 0.25) is 0 Å². The maximum absolute atomic E-state index is 4.72. The summed E-state index contributed by atoms with van der Waals surface area (Å²) in [6.45, 7) is 4.07. The predicted octanol–water partition coefficient (Wildman–Crippen LogP) is 3.50. The summed E-state index contributed by atoms with van der Waals surface area (Å²) >= 11 is 0. The third kappa shape index (κ3) is 3.05. The number of anilines is 1. The number of para-hydroxylation sites is 1. The molecule has 4 heteroatoms. The molecule has 0 fully saturated rings. The van der Waals surface area contributed by atoms with Crippen LogP contribution in [0.4, 0.5) is 5.69 Å². The lowest BCUT2D eigenvalue weighted by molar-refractivity contribution is 0.655. The van der Waals surface area contributed by atoms with Crippen molar-refractivity contribution in [2.75, 3.05) is 11.9 Å². The number of nitrogens with zero attached hydrogens (tertiary/aromatic N) is 3. The maximum Gasteiger partial charge on any atom is 0.111 e. The van der Waals surface area contributed by atoms with Crippen LogP contribution in [0.2, 0.25) is 0 Å². The van der Waals surface area contributed by atoms with E-state index in [0.29, 0.717) is 0 Å². The van der Waals surface area contributed by atoms with Crippen molar-refractivity contribution in [2.45, 2.75) is 26.3 Å². The lowest BCUT2D eigenvalue weighted by Gasteiger charge is -2.09. The third-order valence-corrected chi connectivity index (χ3v) is 3.53.